The molecule has 1 amide bonds. The van der Waals surface area contributed by atoms with Crippen LogP contribution in [0.25, 0.3) is 0 Å². The molecule has 8 nitrogen and oxygen atoms in total. The van der Waals surface area contributed by atoms with Crippen LogP contribution in [-0.4, -0.2) is 33.0 Å². The summed E-state index contributed by atoms with van der Waals surface area (Å²) in [5.41, 5.74) is 3.10. The van der Waals surface area contributed by atoms with Crippen LogP contribution < -0.4 is 15.2 Å². The Morgan fingerprint density at radius 1 is 1.10 bits per heavy atom. The van der Waals surface area contributed by atoms with Gasteiger partial charge in [-0.25, -0.2) is 18.4 Å². The maximum Gasteiger partial charge on any atom is 0.344 e. The van der Waals surface area contributed by atoms with Gasteiger partial charge in [0.25, 0.3) is 5.91 Å². The van der Waals surface area contributed by atoms with E-state index in [9.17, 15) is 18.0 Å². The average Bonchev–Trinajstić information content (AvgIpc) is 2.60. The molecule has 0 saturated carbocycles. The van der Waals surface area contributed by atoms with Gasteiger partial charge in [0, 0.05) is 5.69 Å². The first-order chi connectivity index (χ1) is 13.5. The Kier molecular flexibility index (Phi) is 6.99. The lowest BCUT2D eigenvalue weighted by Crippen LogP contribution is -2.31. The van der Waals surface area contributed by atoms with Crippen molar-refractivity contribution in [2.75, 3.05) is 11.9 Å². The molecule has 0 unspecified atom stereocenters. The Labute approximate surface area is 170 Å². The Morgan fingerprint density at radius 3 is 2.31 bits per heavy atom. The van der Waals surface area contributed by atoms with Gasteiger partial charge >= 0.3 is 5.97 Å². The Morgan fingerprint density at radius 2 is 1.72 bits per heavy atom. The number of primary sulfonamides is 1. The third-order valence-electron chi connectivity index (χ3n) is 4.05. The lowest BCUT2D eigenvalue weighted by atomic mass is 10.1. The third kappa shape index (κ3) is 6.30. The molecule has 0 aliphatic heterocycles. The minimum atomic E-state index is -3.90. The highest BCUT2D eigenvalue weighted by atomic mass is 32.2. The van der Waals surface area contributed by atoms with Gasteiger partial charge in [-0.15, -0.1) is 0 Å². The third-order valence-corrected chi connectivity index (χ3v) is 4.96. The molecule has 0 saturated heterocycles. The van der Waals surface area contributed by atoms with Crippen LogP contribution >= 0.6 is 0 Å². The van der Waals surface area contributed by atoms with E-state index in [1.165, 1.54) is 31.2 Å². The minimum absolute atomic E-state index is 0.141. The first-order valence-electron chi connectivity index (χ1n) is 8.81. The van der Waals surface area contributed by atoms with Crippen LogP contribution in [0.15, 0.2) is 41.3 Å². The molecule has 0 aromatic heterocycles. The monoisotopic (exact) mass is 420 g/mol. The second kappa shape index (κ2) is 9.06. The summed E-state index contributed by atoms with van der Waals surface area (Å²) >= 11 is 0. The summed E-state index contributed by atoms with van der Waals surface area (Å²) in [5.74, 6) is -0.720. The molecule has 2 aromatic carbocycles. The van der Waals surface area contributed by atoms with Crippen molar-refractivity contribution in [1.82, 2.24) is 0 Å². The van der Waals surface area contributed by atoms with Crippen molar-refractivity contribution in [2.24, 2.45) is 5.14 Å². The van der Waals surface area contributed by atoms with Gasteiger partial charge in [-0.3, -0.25) is 4.79 Å². The van der Waals surface area contributed by atoms with Gasteiger partial charge in [-0.05, 0) is 57.0 Å². The number of hydrogen-bond donors (Lipinski definition) is 2. The Balaban J connectivity index is 1.93. The molecule has 2 aromatic rings. The zero-order valence-electron chi connectivity index (χ0n) is 16.7. The van der Waals surface area contributed by atoms with Crippen LogP contribution in [0.2, 0.25) is 0 Å². The number of benzene rings is 2. The molecule has 9 heteroatoms. The van der Waals surface area contributed by atoms with Gasteiger partial charge in [0.15, 0.2) is 12.7 Å². The predicted octanol–water partition coefficient (Wildman–Crippen LogP) is 2.21. The molecule has 0 spiro atoms. The van der Waals surface area contributed by atoms with Crippen LogP contribution in [0.3, 0.4) is 0 Å². The normalized spacial score (nSPS) is 12.2. The topological polar surface area (TPSA) is 125 Å². The first-order valence-corrected chi connectivity index (χ1v) is 10.4. The standard InChI is InChI=1S/C20H24N2O6S/c1-12-8-13(2)19(14(3)9-12)27-11-18(23)28-15(4)20(24)22-16-6-5-7-17(10-16)29(21,25)26/h5-10,15H,11H2,1-4H3,(H,22,24)(H2,21,25,26)/t15-/m1/s1. The average molecular weight is 420 g/mol. The fourth-order valence-electron chi connectivity index (χ4n) is 2.80. The minimum Gasteiger partial charge on any atom is -0.481 e. The SMILES string of the molecule is Cc1cc(C)c(OCC(=O)O[C@H](C)C(=O)Nc2cccc(S(N)(=O)=O)c2)c(C)c1. The van der Waals surface area contributed by atoms with Gasteiger partial charge in [0.2, 0.25) is 10.0 Å². The smallest absolute Gasteiger partial charge is 0.344 e. The van der Waals surface area contributed by atoms with Gasteiger partial charge in [-0.2, -0.15) is 0 Å². The van der Waals surface area contributed by atoms with Gasteiger partial charge < -0.3 is 14.8 Å². The molecule has 0 aliphatic carbocycles. The Hall–Kier alpha value is -2.91. The molecule has 0 heterocycles. The molecule has 1 atom stereocenters. The summed E-state index contributed by atoms with van der Waals surface area (Å²) in [4.78, 5) is 24.1. The number of amides is 1. The molecule has 3 N–H and O–H groups in total. The van der Waals surface area contributed by atoms with Crippen LogP contribution in [0.5, 0.6) is 5.75 Å². The van der Waals surface area contributed by atoms with E-state index in [4.69, 9.17) is 14.6 Å². The number of nitrogens with one attached hydrogen (secondary N) is 1. The van der Waals surface area contributed by atoms with Crippen molar-refractivity contribution < 1.29 is 27.5 Å². The molecular formula is C20H24N2O6S. The lowest BCUT2D eigenvalue weighted by Gasteiger charge is -2.16. The molecule has 0 aliphatic rings. The van der Waals surface area contributed by atoms with Gasteiger partial charge in [-0.1, -0.05) is 23.8 Å². The molecule has 0 radical (unpaired) electrons. The highest BCUT2D eigenvalue weighted by Gasteiger charge is 2.19. The van der Waals surface area contributed by atoms with Crippen molar-refractivity contribution in [3.63, 3.8) is 0 Å². The lowest BCUT2D eigenvalue weighted by molar-refractivity contribution is -0.155. The van der Waals surface area contributed by atoms with Crippen LogP contribution in [0.4, 0.5) is 5.69 Å². The van der Waals surface area contributed by atoms with Crippen molar-refractivity contribution in [3.05, 3.63) is 53.1 Å². The quantitative estimate of drug-likeness (QED) is 0.662. The second-order valence-corrected chi connectivity index (χ2v) is 8.27. The number of esters is 1. The maximum atomic E-state index is 12.2. The van der Waals surface area contributed by atoms with E-state index in [1.54, 1.807) is 0 Å². The second-order valence-electron chi connectivity index (χ2n) is 6.71. The maximum absolute atomic E-state index is 12.2. The summed E-state index contributed by atoms with van der Waals surface area (Å²) in [7, 11) is -3.90. The van der Waals surface area contributed by atoms with Crippen molar-refractivity contribution in [2.45, 2.75) is 38.7 Å². The van der Waals surface area contributed by atoms with Crippen molar-refractivity contribution in [3.8, 4) is 5.75 Å². The summed E-state index contributed by atoms with van der Waals surface area (Å²) in [6.07, 6.45) is -1.11. The summed E-state index contributed by atoms with van der Waals surface area (Å²) in [6, 6.07) is 9.34. The molecular weight excluding hydrogens is 396 g/mol. The van der Waals surface area contributed by atoms with E-state index in [0.717, 1.165) is 16.7 Å². The fourth-order valence-corrected chi connectivity index (χ4v) is 3.36. The highest BCUT2D eigenvalue weighted by Crippen LogP contribution is 2.24. The van der Waals surface area contributed by atoms with E-state index in [-0.39, 0.29) is 17.2 Å². The summed E-state index contributed by atoms with van der Waals surface area (Å²) in [6.45, 7) is 6.79. The van der Waals surface area contributed by atoms with E-state index >= 15 is 0 Å². The molecule has 2 rings (SSSR count). The summed E-state index contributed by atoms with van der Waals surface area (Å²) in [5, 5.41) is 7.55. The number of aryl methyl sites for hydroxylation is 3. The van der Waals surface area contributed by atoms with Crippen molar-refractivity contribution in [1.29, 1.82) is 0 Å². The van der Waals surface area contributed by atoms with Crippen LogP contribution in [0, 0.1) is 20.8 Å². The zero-order chi connectivity index (χ0) is 21.8. The van der Waals surface area contributed by atoms with E-state index < -0.39 is 28.0 Å². The molecule has 0 fully saturated rings. The number of nitrogens with two attached hydrogens (primary N) is 1. The van der Waals surface area contributed by atoms with E-state index in [0.29, 0.717) is 5.75 Å². The van der Waals surface area contributed by atoms with Crippen molar-refractivity contribution >= 4 is 27.6 Å². The Bertz CT molecular complexity index is 1010. The molecule has 29 heavy (non-hydrogen) atoms. The number of hydrogen-bond acceptors (Lipinski definition) is 6. The number of carbonyl (C=O) groups is 2. The molecule has 156 valence electrons. The zero-order valence-corrected chi connectivity index (χ0v) is 17.5. The molecule has 0 bridgehead atoms. The summed E-state index contributed by atoms with van der Waals surface area (Å²) < 4.78 is 33.4. The number of rotatable bonds is 7. The van der Waals surface area contributed by atoms with Crippen LogP contribution in [0.1, 0.15) is 23.6 Å². The van der Waals surface area contributed by atoms with Gasteiger partial charge in [0.1, 0.15) is 5.75 Å². The first kappa shape index (κ1) is 22.4. The van der Waals surface area contributed by atoms with Gasteiger partial charge in [0.05, 0.1) is 4.90 Å². The number of sulfonamides is 1. The van der Waals surface area contributed by atoms with E-state index in [2.05, 4.69) is 5.32 Å². The number of anilines is 1. The number of ether oxygens (including phenoxy) is 2. The fraction of sp³-hybridized carbons (Fsp3) is 0.300. The van der Waals surface area contributed by atoms with Crippen LogP contribution in [-0.2, 0) is 24.3 Å². The van der Waals surface area contributed by atoms with E-state index in [1.807, 2.05) is 32.9 Å². The highest BCUT2D eigenvalue weighted by molar-refractivity contribution is 7.89. The largest absolute Gasteiger partial charge is 0.481 e. The number of carbonyl (C=O) groups excluding carboxylic acids is 2. The predicted molar refractivity (Wildman–Crippen MR) is 108 cm³/mol.